The first-order valence-corrected chi connectivity index (χ1v) is 11.5. The fourth-order valence-electron chi connectivity index (χ4n) is 3.22. The minimum atomic E-state index is -0.226. The van der Waals surface area contributed by atoms with E-state index in [0.29, 0.717) is 6.42 Å². The number of nitrogens with zero attached hydrogens (tertiary/aromatic N) is 3. The van der Waals surface area contributed by atoms with Gasteiger partial charge in [-0.05, 0) is 50.5 Å². The Kier molecular flexibility index (Phi) is 7.69. The molecule has 0 unspecified atom stereocenters. The van der Waals surface area contributed by atoms with Gasteiger partial charge in [0.15, 0.2) is 11.0 Å². The highest BCUT2D eigenvalue weighted by molar-refractivity contribution is 7.98. The average Bonchev–Trinajstić information content (AvgIpc) is 3.16. The van der Waals surface area contributed by atoms with Crippen molar-refractivity contribution in [2.45, 2.75) is 63.9 Å². The predicted octanol–water partition coefficient (Wildman–Crippen LogP) is 5.54. The van der Waals surface area contributed by atoms with E-state index in [1.807, 2.05) is 6.92 Å². The summed E-state index contributed by atoms with van der Waals surface area (Å²) in [5, 5.41) is 12.8. The summed E-state index contributed by atoms with van der Waals surface area (Å²) in [6, 6.07) is 16.5. The van der Waals surface area contributed by atoms with E-state index < -0.39 is 0 Å². The number of carbonyl (C=O) groups excluding carboxylic acids is 1. The van der Waals surface area contributed by atoms with Crippen molar-refractivity contribution in [1.82, 2.24) is 20.1 Å². The Morgan fingerprint density at radius 1 is 1.10 bits per heavy atom. The van der Waals surface area contributed by atoms with Crippen LogP contribution >= 0.6 is 11.8 Å². The number of hydrogen-bond donors (Lipinski definition) is 1. The normalized spacial score (nSPS) is 12.0. The third-order valence-corrected chi connectivity index (χ3v) is 6.07. The van der Waals surface area contributed by atoms with Gasteiger partial charge in [0.25, 0.3) is 0 Å². The maximum Gasteiger partial charge on any atom is 0.220 e. The van der Waals surface area contributed by atoms with Gasteiger partial charge in [-0.1, -0.05) is 67.1 Å². The molecule has 0 radical (unpaired) electrons. The van der Waals surface area contributed by atoms with Crippen molar-refractivity contribution in [1.29, 1.82) is 0 Å². The molecule has 3 rings (SSSR count). The maximum atomic E-state index is 12.3. The largest absolute Gasteiger partial charge is 0.346 e. The number of benzene rings is 2. The van der Waals surface area contributed by atoms with Gasteiger partial charge in [-0.2, -0.15) is 0 Å². The monoisotopic (exact) mass is 422 g/mol. The molecule has 6 heteroatoms. The van der Waals surface area contributed by atoms with Crippen molar-refractivity contribution in [3.8, 4) is 5.69 Å². The Morgan fingerprint density at radius 2 is 1.83 bits per heavy atom. The van der Waals surface area contributed by atoms with Crippen molar-refractivity contribution < 1.29 is 4.79 Å². The predicted molar refractivity (Wildman–Crippen MR) is 123 cm³/mol. The molecule has 1 atom stereocenters. The second-order valence-corrected chi connectivity index (χ2v) is 8.56. The van der Waals surface area contributed by atoms with Crippen molar-refractivity contribution in [2.75, 3.05) is 0 Å². The number of unbranched alkanes of at least 4 members (excludes halogenated alkanes) is 1. The summed E-state index contributed by atoms with van der Waals surface area (Å²) in [7, 11) is 0. The minimum absolute atomic E-state index is 0.0527. The Hall–Kier alpha value is -2.60. The molecule has 0 bridgehead atoms. The summed E-state index contributed by atoms with van der Waals surface area (Å²) in [6.45, 7) is 8.25. The Bertz CT molecular complexity index is 981. The molecule has 1 aromatic heterocycles. The summed E-state index contributed by atoms with van der Waals surface area (Å²) in [5.41, 5.74) is 4.75. The minimum Gasteiger partial charge on any atom is -0.346 e. The zero-order chi connectivity index (χ0) is 21.5. The van der Waals surface area contributed by atoms with Crippen LogP contribution in [0, 0.1) is 13.8 Å². The Labute approximate surface area is 183 Å². The summed E-state index contributed by atoms with van der Waals surface area (Å²) >= 11 is 1.66. The average molecular weight is 423 g/mol. The van der Waals surface area contributed by atoms with Crippen molar-refractivity contribution in [3.63, 3.8) is 0 Å². The number of rotatable bonds is 9. The molecular weight excluding hydrogens is 392 g/mol. The lowest BCUT2D eigenvalue weighted by atomic mass is 10.1. The molecule has 3 aromatic rings. The smallest absolute Gasteiger partial charge is 0.220 e. The topological polar surface area (TPSA) is 59.8 Å². The number of aryl methyl sites for hydroxylation is 2. The summed E-state index contributed by atoms with van der Waals surface area (Å²) in [5.74, 6) is 1.61. The van der Waals surface area contributed by atoms with Gasteiger partial charge in [-0.15, -0.1) is 10.2 Å². The van der Waals surface area contributed by atoms with Gasteiger partial charge in [0, 0.05) is 17.9 Å². The van der Waals surface area contributed by atoms with Crippen LogP contribution in [0.4, 0.5) is 0 Å². The van der Waals surface area contributed by atoms with Crippen molar-refractivity contribution in [2.24, 2.45) is 0 Å². The molecule has 1 N–H and O–H groups in total. The van der Waals surface area contributed by atoms with Gasteiger partial charge >= 0.3 is 0 Å². The summed E-state index contributed by atoms with van der Waals surface area (Å²) < 4.78 is 2.06. The number of aromatic nitrogens is 3. The Morgan fingerprint density at radius 3 is 2.53 bits per heavy atom. The van der Waals surface area contributed by atoms with Gasteiger partial charge < -0.3 is 5.32 Å². The number of amides is 1. The van der Waals surface area contributed by atoms with E-state index in [0.717, 1.165) is 35.3 Å². The van der Waals surface area contributed by atoms with E-state index in [1.165, 1.54) is 16.7 Å². The quantitative estimate of drug-likeness (QED) is 0.460. The standard InChI is InChI=1S/C24H30N4OS/c1-5-6-11-22(29)25-19(4)23-26-27-24(28(23)21-14-12-17(2)13-15-21)30-16-20-10-8-7-9-18(20)3/h7-10,12-15,19H,5-6,11,16H2,1-4H3,(H,25,29)/t19-/m1/s1. The summed E-state index contributed by atoms with van der Waals surface area (Å²) in [4.78, 5) is 12.3. The van der Waals surface area contributed by atoms with E-state index in [2.05, 4.69) is 89.4 Å². The second-order valence-electron chi connectivity index (χ2n) is 7.62. The first kappa shape index (κ1) is 22.1. The van der Waals surface area contributed by atoms with Crippen LogP contribution in [0.2, 0.25) is 0 Å². The van der Waals surface area contributed by atoms with E-state index in [1.54, 1.807) is 11.8 Å². The molecule has 0 saturated heterocycles. The van der Waals surface area contributed by atoms with E-state index >= 15 is 0 Å². The third-order valence-electron chi connectivity index (χ3n) is 5.09. The lowest BCUT2D eigenvalue weighted by molar-refractivity contribution is -0.121. The van der Waals surface area contributed by atoms with E-state index in [4.69, 9.17) is 0 Å². The molecule has 0 aliphatic carbocycles. The molecule has 1 heterocycles. The van der Waals surface area contributed by atoms with Crippen LogP contribution in [0.5, 0.6) is 0 Å². The number of thioether (sulfide) groups is 1. The van der Waals surface area contributed by atoms with Crippen molar-refractivity contribution >= 4 is 17.7 Å². The molecule has 1 amide bonds. The molecule has 2 aromatic carbocycles. The second kappa shape index (κ2) is 10.4. The van der Waals surface area contributed by atoms with Crippen molar-refractivity contribution in [3.05, 3.63) is 71.0 Å². The molecule has 30 heavy (non-hydrogen) atoms. The number of carbonyl (C=O) groups is 1. The zero-order valence-corrected chi connectivity index (χ0v) is 19.0. The first-order chi connectivity index (χ1) is 14.5. The molecule has 0 saturated carbocycles. The molecule has 5 nitrogen and oxygen atoms in total. The lowest BCUT2D eigenvalue weighted by Gasteiger charge is -2.16. The SMILES string of the molecule is CCCCC(=O)N[C@H](C)c1nnc(SCc2ccccc2C)n1-c1ccc(C)cc1. The van der Waals surface area contributed by atoms with Crippen LogP contribution in [0.15, 0.2) is 53.7 Å². The van der Waals surface area contributed by atoms with Crippen LogP contribution in [-0.4, -0.2) is 20.7 Å². The van der Waals surface area contributed by atoms with Gasteiger partial charge in [0.1, 0.15) is 0 Å². The molecule has 0 spiro atoms. The number of hydrogen-bond acceptors (Lipinski definition) is 4. The van der Waals surface area contributed by atoms with Crippen LogP contribution in [0.3, 0.4) is 0 Å². The fourth-order valence-corrected chi connectivity index (χ4v) is 4.26. The van der Waals surface area contributed by atoms with E-state index in [9.17, 15) is 4.79 Å². The molecule has 0 aliphatic heterocycles. The summed E-state index contributed by atoms with van der Waals surface area (Å²) in [6.07, 6.45) is 2.43. The van der Waals surface area contributed by atoms with E-state index in [-0.39, 0.29) is 11.9 Å². The maximum absolute atomic E-state index is 12.3. The van der Waals surface area contributed by atoms with Crippen LogP contribution in [0.25, 0.3) is 5.69 Å². The fraction of sp³-hybridized carbons (Fsp3) is 0.375. The highest BCUT2D eigenvalue weighted by atomic mass is 32.2. The van der Waals surface area contributed by atoms with Gasteiger partial charge in [-0.3, -0.25) is 9.36 Å². The zero-order valence-electron chi connectivity index (χ0n) is 18.2. The van der Waals surface area contributed by atoms with Crippen LogP contribution in [-0.2, 0) is 10.5 Å². The van der Waals surface area contributed by atoms with Gasteiger partial charge in [-0.25, -0.2) is 0 Å². The van der Waals surface area contributed by atoms with Gasteiger partial charge in [0.2, 0.25) is 5.91 Å². The highest BCUT2D eigenvalue weighted by Crippen LogP contribution is 2.28. The molecule has 0 aliphatic rings. The lowest BCUT2D eigenvalue weighted by Crippen LogP contribution is -2.28. The Balaban J connectivity index is 1.88. The highest BCUT2D eigenvalue weighted by Gasteiger charge is 2.21. The van der Waals surface area contributed by atoms with Gasteiger partial charge in [0.05, 0.1) is 6.04 Å². The number of nitrogens with one attached hydrogen (secondary N) is 1. The molecule has 0 fully saturated rings. The van der Waals surface area contributed by atoms with Crippen LogP contribution < -0.4 is 5.32 Å². The molecule has 158 valence electrons. The molecular formula is C24H30N4OS. The third kappa shape index (κ3) is 5.51. The first-order valence-electron chi connectivity index (χ1n) is 10.5. The van der Waals surface area contributed by atoms with Crippen LogP contribution in [0.1, 0.15) is 61.7 Å².